The predicted octanol–water partition coefficient (Wildman–Crippen LogP) is 5.05. The third-order valence-electron chi connectivity index (χ3n) is 4.44. The molecule has 0 saturated heterocycles. The third-order valence-corrected chi connectivity index (χ3v) is 4.44. The van der Waals surface area contributed by atoms with Crippen molar-refractivity contribution in [3.05, 3.63) is 65.9 Å². The molecule has 2 aromatic carbocycles. The lowest BCUT2D eigenvalue weighted by Crippen LogP contribution is -2.26. The number of ketones is 1. The molecule has 3 rings (SSSR count). The maximum atomic E-state index is 12.2. The number of aliphatic hydroxyl groups is 1. The van der Waals surface area contributed by atoms with Gasteiger partial charge in [0.2, 0.25) is 0 Å². The first-order valence-electron chi connectivity index (χ1n) is 9.33. The SMILES string of the molecule is CC1(C)CC(=O)C(C=Nc2ccc(OCCOc3ccccc3)cc2)=C(O)C1. The van der Waals surface area contributed by atoms with Gasteiger partial charge in [-0.15, -0.1) is 0 Å². The highest BCUT2D eigenvalue weighted by Gasteiger charge is 2.32. The van der Waals surface area contributed by atoms with Crippen LogP contribution in [0.4, 0.5) is 5.69 Å². The van der Waals surface area contributed by atoms with Gasteiger partial charge in [-0.1, -0.05) is 32.0 Å². The number of para-hydroxylation sites is 1. The second-order valence-corrected chi connectivity index (χ2v) is 7.56. The molecule has 0 bridgehead atoms. The van der Waals surface area contributed by atoms with E-state index in [-0.39, 0.29) is 17.0 Å². The molecule has 0 unspecified atom stereocenters. The van der Waals surface area contributed by atoms with Crippen molar-refractivity contribution in [2.75, 3.05) is 13.2 Å². The van der Waals surface area contributed by atoms with Crippen LogP contribution in [0.2, 0.25) is 0 Å². The minimum absolute atomic E-state index is 0.0733. The monoisotopic (exact) mass is 379 g/mol. The number of hydrogen-bond donors (Lipinski definition) is 1. The Kier molecular flexibility index (Phi) is 6.14. The van der Waals surface area contributed by atoms with Crippen LogP contribution in [0, 0.1) is 5.41 Å². The van der Waals surface area contributed by atoms with Gasteiger partial charge in [-0.3, -0.25) is 9.79 Å². The van der Waals surface area contributed by atoms with Gasteiger partial charge < -0.3 is 14.6 Å². The van der Waals surface area contributed by atoms with Gasteiger partial charge in [0, 0.05) is 19.1 Å². The second-order valence-electron chi connectivity index (χ2n) is 7.56. The smallest absolute Gasteiger partial charge is 0.168 e. The second kappa shape index (κ2) is 8.74. The lowest BCUT2D eigenvalue weighted by molar-refractivity contribution is -0.117. The molecule has 0 aromatic heterocycles. The molecule has 0 aliphatic heterocycles. The number of aliphatic imine (C=N–C) groups is 1. The molecule has 0 atom stereocenters. The molecule has 1 aliphatic rings. The normalized spacial score (nSPS) is 16.4. The Morgan fingerprint density at radius 1 is 0.964 bits per heavy atom. The van der Waals surface area contributed by atoms with E-state index in [1.54, 1.807) is 12.1 Å². The Hall–Kier alpha value is -3.08. The molecule has 5 nitrogen and oxygen atoms in total. The highest BCUT2D eigenvalue weighted by molar-refractivity contribution is 6.14. The van der Waals surface area contributed by atoms with Crippen molar-refractivity contribution < 1.29 is 19.4 Å². The van der Waals surface area contributed by atoms with E-state index in [9.17, 15) is 9.90 Å². The Morgan fingerprint density at radius 2 is 1.57 bits per heavy atom. The average molecular weight is 379 g/mol. The third kappa shape index (κ3) is 5.46. The lowest BCUT2D eigenvalue weighted by Gasteiger charge is -2.28. The number of aliphatic hydroxyl groups excluding tert-OH is 1. The number of allylic oxidation sites excluding steroid dienone is 2. The molecule has 146 valence electrons. The summed E-state index contributed by atoms with van der Waals surface area (Å²) in [7, 11) is 0. The summed E-state index contributed by atoms with van der Waals surface area (Å²) in [5.74, 6) is 1.57. The summed E-state index contributed by atoms with van der Waals surface area (Å²) in [6.45, 7) is 4.83. The molecule has 0 spiro atoms. The van der Waals surface area contributed by atoms with Crippen molar-refractivity contribution >= 4 is 17.7 Å². The van der Waals surface area contributed by atoms with Crippen LogP contribution in [0.5, 0.6) is 11.5 Å². The number of benzene rings is 2. The molecule has 1 N–H and O–H groups in total. The van der Waals surface area contributed by atoms with Crippen molar-refractivity contribution in [3.8, 4) is 11.5 Å². The van der Waals surface area contributed by atoms with Crippen LogP contribution < -0.4 is 9.47 Å². The van der Waals surface area contributed by atoms with Gasteiger partial charge in [-0.05, 0) is 41.8 Å². The van der Waals surface area contributed by atoms with Crippen molar-refractivity contribution in [3.63, 3.8) is 0 Å². The van der Waals surface area contributed by atoms with Crippen LogP contribution in [-0.2, 0) is 4.79 Å². The summed E-state index contributed by atoms with van der Waals surface area (Å²) in [5, 5.41) is 10.1. The first kappa shape index (κ1) is 19.7. The highest BCUT2D eigenvalue weighted by atomic mass is 16.5. The van der Waals surface area contributed by atoms with E-state index in [0.29, 0.717) is 43.1 Å². The van der Waals surface area contributed by atoms with Gasteiger partial charge in [0.05, 0.1) is 11.3 Å². The predicted molar refractivity (Wildman–Crippen MR) is 110 cm³/mol. The number of rotatable bonds is 7. The van der Waals surface area contributed by atoms with Crippen LogP contribution in [-0.4, -0.2) is 30.3 Å². The van der Waals surface area contributed by atoms with E-state index < -0.39 is 0 Å². The number of ether oxygens (including phenoxy) is 2. The summed E-state index contributed by atoms with van der Waals surface area (Å²) in [6, 6.07) is 16.8. The summed E-state index contributed by atoms with van der Waals surface area (Å²) >= 11 is 0. The molecule has 0 heterocycles. The van der Waals surface area contributed by atoms with E-state index in [1.807, 2.05) is 56.3 Å². The minimum atomic E-state index is -0.207. The van der Waals surface area contributed by atoms with Crippen LogP contribution in [0.1, 0.15) is 26.7 Å². The molecule has 1 aliphatic carbocycles. The first-order valence-corrected chi connectivity index (χ1v) is 9.33. The van der Waals surface area contributed by atoms with E-state index in [2.05, 4.69) is 4.99 Å². The minimum Gasteiger partial charge on any atom is -0.511 e. The first-order chi connectivity index (χ1) is 13.4. The number of carbonyl (C=O) groups is 1. The van der Waals surface area contributed by atoms with Gasteiger partial charge in [0.15, 0.2) is 5.78 Å². The van der Waals surface area contributed by atoms with Crippen molar-refractivity contribution in [2.45, 2.75) is 26.7 Å². The van der Waals surface area contributed by atoms with Gasteiger partial charge in [0.25, 0.3) is 0 Å². The van der Waals surface area contributed by atoms with Gasteiger partial charge in [-0.25, -0.2) is 0 Å². The molecule has 2 aromatic rings. The van der Waals surface area contributed by atoms with Crippen LogP contribution >= 0.6 is 0 Å². The molecule has 5 heteroatoms. The summed E-state index contributed by atoms with van der Waals surface area (Å²) in [4.78, 5) is 16.5. The number of hydrogen-bond acceptors (Lipinski definition) is 5. The molecule has 28 heavy (non-hydrogen) atoms. The molecule has 0 fully saturated rings. The fraction of sp³-hybridized carbons (Fsp3) is 0.304. The van der Waals surface area contributed by atoms with E-state index in [0.717, 1.165) is 5.75 Å². The molecule has 0 saturated carbocycles. The molecule has 0 radical (unpaired) electrons. The zero-order valence-electron chi connectivity index (χ0n) is 16.2. The Labute approximate surface area is 165 Å². The van der Waals surface area contributed by atoms with Crippen LogP contribution in [0.15, 0.2) is 70.9 Å². The van der Waals surface area contributed by atoms with E-state index in [1.165, 1.54) is 6.21 Å². The summed E-state index contributed by atoms with van der Waals surface area (Å²) in [6.07, 6.45) is 2.35. The lowest BCUT2D eigenvalue weighted by atomic mass is 9.77. The van der Waals surface area contributed by atoms with Gasteiger partial charge in [0.1, 0.15) is 30.5 Å². The Balaban J connectivity index is 1.51. The topological polar surface area (TPSA) is 68.1 Å². The average Bonchev–Trinajstić information content (AvgIpc) is 2.65. The largest absolute Gasteiger partial charge is 0.511 e. The number of nitrogens with zero attached hydrogens (tertiary/aromatic N) is 1. The maximum Gasteiger partial charge on any atom is 0.168 e. The number of Topliss-reactive ketones (excluding diaryl/α,β-unsaturated/α-hetero) is 1. The molecular weight excluding hydrogens is 354 g/mol. The van der Waals surface area contributed by atoms with Gasteiger partial charge >= 0.3 is 0 Å². The maximum absolute atomic E-state index is 12.2. The fourth-order valence-electron chi connectivity index (χ4n) is 3.05. The quantitative estimate of drug-likeness (QED) is 0.540. The van der Waals surface area contributed by atoms with Crippen molar-refractivity contribution in [1.82, 2.24) is 0 Å². The fourth-order valence-corrected chi connectivity index (χ4v) is 3.05. The Morgan fingerprint density at radius 3 is 2.18 bits per heavy atom. The van der Waals surface area contributed by atoms with Gasteiger partial charge in [-0.2, -0.15) is 0 Å². The summed E-state index contributed by atoms with van der Waals surface area (Å²) < 4.78 is 11.2. The van der Waals surface area contributed by atoms with E-state index in [4.69, 9.17) is 9.47 Å². The highest BCUT2D eigenvalue weighted by Crippen LogP contribution is 2.35. The zero-order valence-corrected chi connectivity index (χ0v) is 16.2. The zero-order chi connectivity index (χ0) is 20.0. The van der Waals surface area contributed by atoms with E-state index >= 15 is 0 Å². The number of carbonyl (C=O) groups excluding carboxylic acids is 1. The standard InChI is InChI=1S/C23H25NO4/c1-23(2)14-21(25)20(22(26)15-23)16-24-17-8-10-19(11-9-17)28-13-12-27-18-6-4-3-5-7-18/h3-11,16,25H,12-15H2,1-2H3. The summed E-state index contributed by atoms with van der Waals surface area (Å²) in [5.41, 5.74) is 0.783. The molecule has 0 amide bonds. The molecular formula is C23H25NO4. The van der Waals surface area contributed by atoms with Crippen molar-refractivity contribution in [2.24, 2.45) is 10.4 Å². The van der Waals surface area contributed by atoms with Crippen LogP contribution in [0.3, 0.4) is 0 Å². The van der Waals surface area contributed by atoms with Crippen molar-refractivity contribution in [1.29, 1.82) is 0 Å². The Bertz CT molecular complexity index is 867. The van der Waals surface area contributed by atoms with Crippen LogP contribution in [0.25, 0.3) is 0 Å².